The number of nitrogens with zero attached hydrogens (tertiary/aromatic N) is 1. The van der Waals surface area contributed by atoms with Gasteiger partial charge >= 0.3 is 0 Å². The first kappa shape index (κ1) is 14.0. The van der Waals surface area contributed by atoms with Crippen molar-refractivity contribution in [2.24, 2.45) is 5.92 Å². The van der Waals surface area contributed by atoms with Crippen molar-refractivity contribution in [2.45, 2.75) is 43.9 Å². The van der Waals surface area contributed by atoms with E-state index >= 15 is 0 Å². The van der Waals surface area contributed by atoms with Crippen molar-refractivity contribution >= 4 is 10.0 Å². The Morgan fingerprint density at radius 3 is 2.40 bits per heavy atom. The summed E-state index contributed by atoms with van der Waals surface area (Å²) in [5, 5.41) is 0. The second-order valence-corrected chi connectivity index (χ2v) is 7.82. The summed E-state index contributed by atoms with van der Waals surface area (Å²) in [5.41, 5.74) is 0.658. The molecular formula is C15H20FNO2S. The van der Waals surface area contributed by atoms with E-state index in [1.807, 2.05) is 0 Å². The third-order valence-electron chi connectivity index (χ3n) is 4.56. The molecule has 1 saturated carbocycles. The Morgan fingerprint density at radius 1 is 1.10 bits per heavy atom. The predicted molar refractivity (Wildman–Crippen MR) is 76.1 cm³/mol. The highest BCUT2D eigenvalue weighted by Gasteiger charge is 2.40. The van der Waals surface area contributed by atoms with Crippen LogP contribution in [0.4, 0.5) is 4.39 Å². The SMILES string of the molecule is O=S(=O)(Cc1ccc(F)cc1)N1CCCC1C1CCC1. The molecule has 2 fully saturated rings. The van der Waals surface area contributed by atoms with Crippen LogP contribution in [0, 0.1) is 11.7 Å². The lowest BCUT2D eigenvalue weighted by atomic mass is 9.79. The lowest BCUT2D eigenvalue weighted by Crippen LogP contribution is -2.42. The molecular weight excluding hydrogens is 277 g/mol. The third kappa shape index (κ3) is 2.74. The molecule has 1 atom stereocenters. The predicted octanol–water partition coefficient (Wildman–Crippen LogP) is 2.92. The van der Waals surface area contributed by atoms with Gasteiger partial charge < -0.3 is 0 Å². The van der Waals surface area contributed by atoms with Crippen LogP contribution in [0.3, 0.4) is 0 Å². The van der Waals surface area contributed by atoms with Crippen LogP contribution >= 0.6 is 0 Å². The van der Waals surface area contributed by atoms with E-state index in [2.05, 4.69) is 0 Å². The summed E-state index contributed by atoms with van der Waals surface area (Å²) in [7, 11) is -3.29. The summed E-state index contributed by atoms with van der Waals surface area (Å²) in [6, 6.07) is 5.95. The molecule has 0 bridgehead atoms. The van der Waals surface area contributed by atoms with Crippen LogP contribution in [0.25, 0.3) is 0 Å². The van der Waals surface area contributed by atoms with Gasteiger partial charge in [0, 0.05) is 12.6 Å². The molecule has 2 aliphatic rings. The summed E-state index contributed by atoms with van der Waals surface area (Å²) in [5.74, 6) is 0.205. The number of hydrogen-bond donors (Lipinski definition) is 0. The molecule has 1 aromatic carbocycles. The molecule has 3 rings (SSSR count). The Labute approximate surface area is 119 Å². The Balaban J connectivity index is 1.75. The Hall–Kier alpha value is -0.940. The zero-order valence-electron chi connectivity index (χ0n) is 11.5. The highest BCUT2D eigenvalue weighted by Crippen LogP contribution is 2.38. The van der Waals surface area contributed by atoms with Crippen molar-refractivity contribution < 1.29 is 12.8 Å². The maximum atomic E-state index is 12.9. The van der Waals surface area contributed by atoms with Gasteiger partial charge in [0.15, 0.2) is 0 Å². The van der Waals surface area contributed by atoms with Gasteiger partial charge in [-0.3, -0.25) is 0 Å². The van der Waals surface area contributed by atoms with Gasteiger partial charge in [0.05, 0.1) is 5.75 Å². The highest BCUT2D eigenvalue weighted by atomic mass is 32.2. The minimum absolute atomic E-state index is 0.0174. The number of benzene rings is 1. The lowest BCUT2D eigenvalue weighted by Gasteiger charge is -2.36. The van der Waals surface area contributed by atoms with E-state index in [1.165, 1.54) is 18.6 Å². The summed E-state index contributed by atoms with van der Waals surface area (Å²) in [4.78, 5) is 0. The van der Waals surface area contributed by atoms with Crippen LogP contribution in [0.1, 0.15) is 37.7 Å². The van der Waals surface area contributed by atoms with Crippen LogP contribution in [-0.4, -0.2) is 25.3 Å². The molecule has 20 heavy (non-hydrogen) atoms. The maximum Gasteiger partial charge on any atom is 0.218 e. The molecule has 1 heterocycles. The largest absolute Gasteiger partial charge is 0.218 e. The van der Waals surface area contributed by atoms with Crippen molar-refractivity contribution in [2.75, 3.05) is 6.54 Å². The number of halogens is 1. The van der Waals surface area contributed by atoms with Crippen molar-refractivity contribution in [1.29, 1.82) is 0 Å². The summed E-state index contributed by atoms with van der Waals surface area (Å²) in [6.45, 7) is 0.644. The highest BCUT2D eigenvalue weighted by molar-refractivity contribution is 7.88. The first-order valence-electron chi connectivity index (χ1n) is 7.30. The minimum Gasteiger partial charge on any atom is -0.212 e. The summed E-state index contributed by atoms with van der Waals surface area (Å²) in [6.07, 6.45) is 5.50. The van der Waals surface area contributed by atoms with E-state index < -0.39 is 10.0 Å². The fraction of sp³-hybridized carbons (Fsp3) is 0.600. The molecule has 0 radical (unpaired) electrons. The van der Waals surface area contributed by atoms with Gasteiger partial charge in [-0.25, -0.2) is 12.8 Å². The molecule has 1 aliphatic heterocycles. The molecule has 3 nitrogen and oxygen atoms in total. The second kappa shape index (κ2) is 5.45. The van der Waals surface area contributed by atoms with Gasteiger partial charge in [-0.15, -0.1) is 0 Å². The molecule has 0 N–H and O–H groups in total. The molecule has 1 unspecified atom stereocenters. The van der Waals surface area contributed by atoms with E-state index in [1.54, 1.807) is 16.4 Å². The Morgan fingerprint density at radius 2 is 1.80 bits per heavy atom. The Kier molecular flexibility index (Phi) is 3.82. The van der Waals surface area contributed by atoms with Crippen molar-refractivity contribution in [3.8, 4) is 0 Å². The van der Waals surface area contributed by atoms with Crippen LogP contribution in [-0.2, 0) is 15.8 Å². The molecule has 1 aromatic rings. The second-order valence-electron chi connectivity index (χ2n) is 5.89. The van der Waals surface area contributed by atoms with Crippen LogP contribution < -0.4 is 0 Å². The monoisotopic (exact) mass is 297 g/mol. The normalized spacial score (nSPS) is 24.8. The van der Waals surface area contributed by atoms with E-state index in [0.717, 1.165) is 25.7 Å². The van der Waals surface area contributed by atoms with E-state index in [-0.39, 0.29) is 17.6 Å². The smallest absolute Gasteiger partial charge is 0.212 e. The quantitative estimate of drug-likeness (QED) is 0.857. The lowest BCUT2D eigenvalue weighted by molar-refractivity contribution is 0.191. The number of sulfonamides is 1. The third-order valence-corrected chi connectivity index (χ3v) is 6.43. The van der Waals surface area contributed by atoms with E-state index in [9.17, 15) is 12.8 Å². The fourth-order valence-electron chi connectivity index (χ4n) is 3.28. The van der Waals surface area contributed by atoms with Gasteiger partial charge in [-0.05, 0) is 49.3 Å². The molecule has 110 valence electrons. The molecule has 0 spiro atoms. The van der Waals surface area contributed by atoms with Crippen LogP contribution in [0.2, 0.25) is 0 Å². The van der Waals surface area contributed by atoms with Gasteiger partial charge in [-0.1, -0.05) is 18.6 Å². The zero-order valence-corrected chi connectivity index (χ0v) is 12.3. The molecule has 0 amide bonds. The topological polar surface area (TPSA) is 37.4 Å². The zero-order chi connectivity index (χ0) is 14.2. The summed E-state index contributed by atoms with van der Waals surface area (Å²) < 4.78 is 39.7. The molecule has 1 aliphatic carbocycles. The van der Waals surface area contributed by atoms with Gasteiger partial charge in [0.25, 0.3) is 0 Å². The maximum absolute atomic E-state index is 12.9. The molecule has 1 saturated heterocycles. The number of rotatable bonds is 4. The summed E-state index contributed by atoms with van der Waals surface area (Å²) >= 11 is 0. The average molecular weight is 297 g/mol. The van der Waals surface area contributed by atoms with E-state index in [0.29, 0.717) is 18.0 Å². The average Bonchev–Trinajstić information content (AvgIpc) is 2.79. The van der Waals surface area contributed by atoms with Gasteiger partial charge in [-0.2, -0.15) is 4.31 Å². The van der Waals surface area contributed by atoms with Crippen molar-refractivity contribution in [1.82, 2.24) is 4.31 Å². The van der Waals surface area contributed by atoms with Crippen molar-refractivity contribution in [3.63, 3.8) is 0 Å². The van der Waals surface area contributed by atoms with Crippen LogP contribution in [0.5, 0.6) is 0 Å². The van der Waals surface area contributed by atoms with Gasteiger partial charge in [0.2, 0.25) is 10.0 Å². The number of hydrogen-bond acceptors (Lipinski definition) is 2. The first-order valence-corrected chi connectivity index (χ1v) is 8.91. The first-order chi connectivity index (χ1) is 9.56. The Bertz CT molecular complexity index is 566. The molecule has 5 heteroatoms. The minimum atomic E-state index is -3.29. The fourth-order valence-corrected chi connectivity index (χ4v) is 5.16. The van der Waals surface area contributed by atoms with Crippen LogP contribution in [0.15, 0.2) is 24.3 Å². The van der Waals surface area contributed by atoms with Gasteiger partial charge in [0.1, 0.15) is 5.82 Å². The molecule has 0 aromatic heterocycles. The van der Waals surface area contributed by atoms with Crippen molar-refractivity contribution in [3.05, 3.63) is 35.6 Å². The van der Waals surface area contributed by atoms with E-state index in [4.69, 9.17) is 0 Å². The standard InChI is InChI=1S/C15H20FNO2S/c16-14-8-6-12(7-9-14)11-20(18,19)17-10-2-5-15(17)13-3-1-4-13/h6-9,13,15H,1-5,10-11H2.